The molecular weight excluding hydrogens is 392 g/mol. The molecule has 2 aromatic heterocycles. The average Bonchev–Trinajstić information content (AvgIpc) is 3.45. The summed E-state index contributed by atoms with van der Waals surface area (Å²) < 4.78 is 5.41. The number of hydrogen-bond donors (Lipinski definition) is 1. The fourth-order valence-electron chi connectivity index (χ4n) is 3.84. The maximum atomic E-state index is 12.7. The number of aromatic nitrogens is 4. The zero-order valence-electron chi connectivity index (χ0n) is 18.3. The fourth-order valence-corrected chi connectivity index (χ4v) is 3.84. The Morgan fingerprint density at radius 2 is 1.90 bits per heavy atom. The number of aromatic amines is 1. The third-order valence-electron chi connectivity index (χ3n) is 5.67. The summed E-state index contributed by atoms with van der Waals surface area (Å²) in [5.74, 6) is 1.33. The van der Waals surface area contributed by atoms with E-state index in [1.54, 1.807) is 0 Å². The van der Waals surface area contributed by atoms with E-state index < -0.39 is 0 Å². The number of nitrogens with one attached hydrogen (secondary N) is 1. The van der Waals surface area contributed by atoms with Crippen LogP contribution in [-0.2, 0) is 12.8 Å². The monoisotopic (exact) mass is 422 g/mol. The van der Waals surface area contributed by atoms with Crippen LogP contribution in [-0.4, -0.2) is 68.8 Å². The van der Waals surface area contributed by atoms with Crippen LogP contribution < -0.4 is 0 Å². The summed E-state index contributed by atoms with van der Waals surface area (Å²) in [6.07, 6.45) is 3.65. The molecule has 0 unspecified atom stereocenters. The smallest absolute Gasteiger partial charge is 0.274 e. The first-order valence-electron chi connectivity index (χ1n) is 11.1. The quantitative estimate of drug-likeness (QED) is 0.600. The summed E-state index contributed by atoms with van der Waals surface area (Å²) in [5.41, 5.74) is 3.73. The Bertz CT molecular complexity index is 986. The molecule has 1 aromatic carbocycles. The summed E-state index contributed by atoms with van der Waals surface area (Å²) in [6, 6.07) is 10.0. The predicted molar refractivity (Wildman–Crippen MR) is 118 cm³/mol. The Labute approximate surface area is 182 Å². The minimum absolute atomic E-state index is 0.0211. The molecule has 0 radical (unpaired) electrons. The molecule has 1 N–H and O–H groups in total. The van der Waals surface area contributed by atoms with E-state index in [2.05, 4.69) is 39.1 Å². The standard InChI is InChI=1S/C23H30N6O2/c1-3-5-19-16-20(26-25-19)23(30)29-14-12-28(13-15-29)11-4-6-21-24-22(27-31-21)18-9-7-17(2)8-10-18/h7-10,16H,3-6,11-15H2,1-2H3,(H,25,26). The third kappa shape index (κ3) is 5.38. The maximum Gasteiger partial charge on any atom is 0.274 e. The van der Waals surface area contributed by atoms with Crippen molar-refractivity contribution in [1.29, 1.82) is 0 Å². The van der Waals surface area contributed by atoms with Gasteiger partial charge in [-0.2, -0.15) is 10.1 Å². The van der Waals surface area contributed by atoms with Crippen molar-refractivity contribution in [2.24, 2.45) is 0 Å². The largest absolute Gasteiger partial charge is 0.339 e. The lowest BCUT2D eigenvalue weighted by atomic mass is 10.1. The summed E-state index contributed by atoms with van der Waals surface area (Å²) >= 11 is 0. The van der Waals surface area contributed by atoms with Crippen LogP contribution in [0.1, 0.15) is 47.4 Å². The SMILES string of the molecule is CCCc1cc(C(=O)N2CCN(CCCc3nc(-c4ccc(C)cc4)no3)CC2)n[nH]1. The van der Waals surface area contributed by atoms with Crippen molar-refractivity contribution >= 4 is 5.91 Å². The van der Waals surface area contributed by atoms with Crippen LogP contribution in [0.3, 0.4) is 0 Å². The number of aryl methyl sites for hydroxylation is 3. The molecular formula is C23H30N6O2. The van der Waals surface area contributed by atoms with Crippen molar-refractivity contribution < 1.29 is 9.32 Å². The Kier molecular flexibility index (Phi) is 6.76. The Hall–Kier alpha value is -3.00. The van der Waals surface area contributed by atoms with E-state index >= 15 is 0 Å². The molecule has 1 saturated heterocycles. The van der Waals surface area contributed by atoms with Gasteiger partial charge in [-0.1, -0.05) is 48.3 Å². The number of benzene rings is 1. The van der Waals surface area contributed by atoms with E-state index in [1.165, 1.54) is 5.56 Å². The van der Waals surface area contributed by atoms with Crippen molar-refractivity contribution in [3.63, 3.8) is 0 Å². The highest BCUT2D eigenvalue weighted by molar-refractivity contribution is 5.92. The van der Waals surface area contributed by atoms with Crippen molar-refractivity contribution in [3.8, 4) is 11.4 Å². The summed E-state index contributed by atoms with van der Waals surface area (Å²) in [7, 11) is 0. The Balaban J connectivity index is 1.20. The van der Waals surface area contributed by atoms with E-state index in [-0.39, 0.29) is 5.91 Å². The van der Waals surface area contributed by atoms with Gasteiger partial charge in [-0.15, -0.1) is 0 Å². The number of piperazine rings is 1. The number of hydrogen-bond acceptors (Lipinski definition) is 6. The lowest BCUT2D eigenvalue weighted by Crippen LogP contribution is -2.49. The summed E-state index contributed by atoms with van der Waals surface area (Å²) in [6.45, 7) is 8.32. The average molecular weight is 423 g/mol. The molecule has 8 nitrogen and oxygen atoms in total. The van der Waals surface area contributed by atoms with E-state index in [4.69, 9.17) is 4.52 Å². The molecule has 0 spiro atoms. The van der Waals surface area contributed by atoms with Crippen LogP contribution in [0.4, 0.5) is 0 Å². The van der Waals surface area contributed by atoms with Gasteiger partial charge in [-0.05, 0) is 32.4 Å². The van der Waals surface area contributed by atoms with Crippen molar-refractivity contribution in [3.05, 3.63) is 53.2 Å². The second-order valence-corrected chi connectivity index (χ2v) is 8.14. The van der Waals surface area contributed by atoms with Gasteiger partial charge in [0.15, 0.2) is 0 Å². The van der Waals surface area contributed by atoms with Gasteiger partial charge in [0.1, 0.15) is 5.69 Å². The van der Waals surface area contributed by atoms with Crippen LogP contribution >= 0.6 is 0 Å². The molecule has 31 heavy (non-hydrogen) atoms. The number of H-pyrrole nitrogens is 1. The molecule has 1 amide bonds. The Morgan fingerprint density at radius 1 is 1.13 bits per heavy atom. The van der Waals surface area contributed by atoms with Crippen molar-refractivity contribution in [2.75, 3.05) is 32.7 Å². The lowest BCUT2D eigenvalue weighted by molar-refractivity contribution is 0.0629. The van der Waals surface area contributed by atoms with Gasteiger partial charge in [0.05, 0.1) is 0 Å². The topological polar surface area (TPSA) is 91.2 Å². The van der Waals surface area contributed by atoms with Gasteiger partial charge in [0, 0.05) is 43.9 Å². The van der Waals surface area contributed by atoms with Crippen molar-refractivity contribution in [1.82, 2.24) is 30.1 Å². The van der Waals surface area contributed by atoms with Gasteiger partial charge in [-0.25, -0.2) is 0 Å². The van der Waals surface area contributed by atoms with Gasteiger partial charge in [-0.3, -0.25) is 14.8 Å². The summed E-state index contributed by atoms with van der Waals surface area (Å²) in [4.78, 5) is 21.5. The second-order valence-electron chi connectivity index (χ2n) is 8.14. The third-order valence-corrected chi connectivity index (χ3v) is 5.67. The molecule has 1 fully saturated rings. The number of nitrogens with zero attached hydrogens (tertiary/aromatic N) is 5. The number of carbonyl (C=O) groups is 1. The zero-order chi connectivity index (χ0) is 21.6. The highest BCUT2D eigenvalue weighted by atomic mass is 16.5. The van der Waals surface area contributed by atoms with Crippen LogP contribution in [0.5, 0.6) is 0 Å². The first-order valence-corrected chi connectivity index (χ1v) is 11.1. The highest BCUT2D eigenvalue weighted by Gasteiger charge is 2.23. The normalized spacial score (nSPS) is 14.8. The highest BCUT2D eigenvalue weighted by Crippen LogP contribution is 2.17. The van der Waals surface area contributed by atoms with E-state index in [9.17, 15) is 4.79 Å². The van der Waals surface area contributed by atoms with Crippen molar-refractivity contribution in [2.45, 2.75) is 39.5 Å². The molecule has 3 aromatic rings. The second kappa shape index (κ2) is 9.87. The van der Waals surface area contributed by atoms with Gasteiger partial charge >= 0.3 is 0 Å². The molecule has 1 aliphatic heterocycles. The minimum atomic E-state index is 0.0211. The molecule has 0 aliphatic carbocycles. The molecule has 164 valence electrons. The first kappa shape index (κ1) is 21.2. The Morgan fingerprint density at radius 3 is 2.65 bits per heavy atom. The molecule has 0 saturated carbocycles. The van der Waals surface area contributed by atoms with E-state index in [0.717, 1.165) is 69.7 Å². The molecule has 3 heterocycles. The van der Waals surface area contributed by atoms with Gasteiger partial charge in [0.2, 0.25) is 11.7 Å². The minimum Gasteiger partial charge on any atom is -0.339 e. The number of rotatable bonds is 8. The number of amides is 1. The zero-order valence-corrected chi connectivity index (χ0v) is 18.3. The molecule has 0 atom stereocenters. The van der Waals surface area contributed by atoms with E-state index in [1.807, 2.05) is 35.2 Å². The molecule has 8 heteroatoms. The molecule has 4 rings (SSSR count). The van der Waals surface area contributed by atoms with Crippen LogP contribution in [0, 0.1) is 6.92 Å². The molecule has 0 bridgehead atoms. The van der Waals surface area contributed by atoms with Gasteiger partial charge in [0.25, 0.3) is 5.91 Å². The maximum absolute atomic E-state index is 12.7. The predicted octanol–water partition coefficient (Wildman–Crippen LogP) is 3.11. The first-order chi connectivity index (χ1) is 15.1. The van der Waals surface area contributed by atoms with E-state index in [0.29, 0.717) is 17.4 Å². The molecule has 1 aliphatic rings. The van der Waals surface area contributed by atoms with Crippen LogP contribution in [0.15, 0.2) is 34.9 Å². The summed E-state index contributed by atoms with van der Waals surface area (Å²) in [5, 5.41) is 11.3. The van der Waals surface area contributed by atoms with Crippen LogP contribution in [0.2, 0.25) is 0 Å². The number of carbonyl (C=O) groups excluding carboxylic acids is 1. The van der Waals surface area contributed by atoms with Crippen LogP contribution in [0.25, 0.3) is 11.4 Å². The van der Waals surface area contributed by atoms with Gasteiger partial charge < -0.3 is 9.42 Å². The lowest BCUT2D eigenvalue weighted by Gasteiger charge is -2.34. The fraction of sp³-hybridized carbons (Fsp3) is 0.478.